The van der Waals surface area contributed by atoms with Gasteiger partial charge in [0.15, 0.2) is 0 Å². The molecule has 6 rings (SSSR count). The van der Waals surface area contributed by atoms with Crippen LogP contribution in [0.1, 0.15) is 25.8 Å². The number of hydrogen-bond donors (Lipinski definition) is 1. The molecule has 0 unspecified atom stereocenters. The van der Waals surface area contributed by atoms with E-state index in [-0.39, 0.29) is 17.5 Å². The Bertz CT molecular complexity index is 1200. The maximum Gasteiger partial charge on any atom is 0.306 e. The van der Waals surface area contributed by atoms with Crippen LogP contribution in [0.15, 0.2) is 30.7 Å². The molecule has 2 aromatic heterocycles. The number of ether oxygens (including phenoxy) is 1. The number of carbonyl (C=O) groups is 1. The van der Waals surface area contributed by atoms with Crippen molar-refractivity contribution in [2.45, 2.75) is 31.3 Å². The number of aliphatic carboxylic acids is 1. The van der Waals surface area contributed by atoms with Crippen LogP contribution in [0.2, 0.25) is 5.02 Å². The van der Waals surface area contributed by atoms with E-state index in [2.05, 4.69) is 33.0 Å². The number of halogens is 1. The van der Waals surface area contributed by atoms with Crippen molar-refractivity contribution in [2.24, 2.45) is 5.92 Å². The zero-order chi connectivity index (χ0) is 22.7. The standard InChI is InChI=1S/C23H27ClN6O3/c1-23(13-33-14-23)28-4-2-27(3-5-28)21-9-20-16(8-19(21)24)10-26-30(20)18-11-25-29(12-18)17-6-15(7-17)22(31)32/h8-12,15,17H,2-7,13-14H2,1H3,(H,31,32). The topological polar surface area (TPSA) is 88.7 Å². The summed E-state index contributed by atoms with van der Waals surface area (Å²) in [6, 6.07) is 4.23. The highest BCUT2D eigenvalue weighted by Gasteiger charge is 2.40. The Morgan fingerprint density at radius 1 is 1.15 bits per heavy atom. The summed E-state index contributed by atoms with van der Waals surface area (Å²) in [5.41, 5.74) is 3.03. The molecular weight excluding hydrogens is 444 g/mol. The molecule has 0 bridgehead atoms. The largest absolute Gasteiger partial charge is 0.481 e. The Kier molecular flexibility index (Phi) is 4.90. The SMILES string of the molecule is CC1(N2CCN(c3cc4c(cnn4-c4cnn(C5CC(C(=O)O)C5)c4)cc3Cl)CC2)COC1. The zero-order valence-electron chi connectivity index (χ0n) is 18.5. The summed E-state index contributed by atoms with van der Waals surface area (Å²) < 4.78 is 9.19. The lowest BCUT2D eigenvalue weighted by molar-refractivity contribution is -0.146. The van der Waals surface area contributed by atoms with Gasteiger partial charge in [-0.1, -0.05) is 11.6 Å². The molecule has 10 heteroatoms. The number of fused-ring (bicyclic) bond motifs is 1. The van der Waals surface area contributed by atoms with Gasteiger partial charge in [-0.15, -0.1) is 0 Å². The van der Waals surface area contributed by atoms with Gasteiger partial charge in [0.2, 0.25) is 0 Å². The summed E-state index contributed by atoms with van der Waals surface area (Å²) in [6.45, 7) is 7.70. The van der Waals surface area contributed by atoms with E-state index in [0.717, 1.165) is 66.7 Å². The molecule has 2 saturated heterocycles. The van der Waals surface area contributed by atoms with Crippen LogP contribution in [-0.2, 0) is 9.53 Å². The summed E-state index contributed by atoms with van der Waals surface area (Å²) in [5, 5.41) is 19.9. The minimum absolute atomic E-state index is 0.130. The van der Waals surface area contributed by atoms with E-state index in [1.54, 1.807) is 6.20 Å². The van der Waals surface area contributed by atoms with Crippen molar-refractivity contribution in [3.63, 3.8) is 0 Å². The third-order valence-electron chi connectivity index (χ3n) is 7.52. The van der Waals surface area contributed by atoms with Gasteiger partial charge < -0.3 is 14.7 Å². The molecule has 1 aromatic carbocycles. The zero-order valence-corrected chi connectivity index (χ0v) is 19.3. The van der Waals surface area contributed by atoms with Crippen LogP contribution in [0.5, 0.6) is 0 Å². The number of carboxylic acids is 1. The van der Waals surface area contributed by atoms with Crippen molar-refractivity contribution in [1.82, 2.24) is 24.5 Å². The first-order valence-electron chi connectivity index (χ1n) is 11.4. The van der Waals surface area contributed by atoms with E-state index in [1.165, 1.54) is 0 Å². The van der Waals surface area contributed by atoms with Crippen LogP contribution in [0.3, 0.4) is 0 Å². The molecule has 4 heterocycles. The average molecular weight is 471 g/mol. The highest BCUT2D eigenvalue weighted by atomic mass is 35.5. The number of hydrogen-bond acceptors (Lipinski definition) is 6. The Morgan fingerprint density at radius 3 is 2.58 bits per heavy atom. The van der Waals surface area contributed by atoms with Gasteiger partial charge in [0.05, 0.1) is 65.5 Å². The summed E-state index contributed by atoms with van der Waals surface area (Å²) in [6.07, 6.45) is 6.79. The molecule has 174 valence electrons. The predicted octanol–water partition coefficient (Wildman–Crippen LogP) is 2.82. The van der Waals surface area contributed by atoms with Gasteiger partial charge in [0.25, 0.3) is 0 Å². The van der Waals surface area contributed by atoms with E-state index >= 15 is 0 Å². The van der Waals surface area contributed by atoms with Crippen LogP contribution in [0.25, 0.3) is 16.6 Å². The van der Waals surface area contributed by atoms with E-state index in [0.29, 0.717) is 12.8 Å². The second-order valence-corrected chi connectivity index (χ2v) is 10.1. The van der Waals surface area contributed by atoms with Crippen LogP contribution < -0.4 is 4.90 Å². The Labute approximate surface area is 196 Å². The number of anilines is 1. The molecular formula is C23H27ClN6O3. The highest BCUT2D eigenvalue weighted by Crippen LogP contribution is 2.38. The van der Waals surface area contributed by atoms with Gasteiger partial charge in [0.1, 0.15) is 5.69 Å². The lowest BCUT2D eigenvalue weighted by atomic mass is 9.80. The van der Waals surface area contributed by atoms with E-state index in [4.69, 9.17) is 21.4 Å². The molecule has 3 fully saturated rings. The first-order chi connectivity index (χ1) is 15.9. The van der Waals surface area contributed by atoms with Gasteiger partial charge in [-0.3, -0.25) is 14.4 Å². The normalized spacial score (nSPS) is 25.1. The Balaban J connectivity index is 1.23. The minimum atomic E-state index is -0.725. The average Bonchev–Trinajstić information content (AvgIpc) is 3.37. The lowest BCUT2D eigenvalue weighted by Gasteiger charge is -2.50. The highest BCUT2D eigenvalue weighted by molar-refractivity contribution is 6.34. The second kappa shape index (κ2) is 7.72. The quantitative estimate of drug-likeness (QED) is 0.613. The summed E-state index contributed by atoms with van der Waals surface area (Å²) >= 11 is 6.69. The molecule has 1 saturated carbocycles. The van der Waals surface area contributed by atoms with Crippen LogP contribution >= 0.6 is 11.6 Å². The Hall–Kier alpha value is -2.62. The second-order valence-electron chi connectivity index (χ2n) is 9.72. The van der Waals surface area contributed by atoms with Crippen molar-refractivity contribution >= 4 is 34.2 Å². The number of rotatable bonds is 5. The van der Waals surface area contributed by atoms with Crippen molar-refractivity contribution in [3.8, 4) is 5.69 Å². The molecule has 2 aliphatic heterocycles. The Morgan fingerprint density at radius 2 is 1.91 bits per heavy atom. The monoisotopic (exact) mass is 470 g/mol. The van der Waals surface area contributed by atoms with E-state index in [9.17, 15) is 4.79 Å². The van der Waals surface area contributed by atoms with Crippen molar-refractivity contribution in [3.05, 3.63) is 35.7 Å². The lowest BCUT2D eigenvalue weighted by Crippen LogP contribution is -2.64. The van der Waals surface area contributed by atoms with E-state index < -0.39 is 5.97 Å². The predicted molar refractivity (Wildman–Crippen MR) is 124 cm³/mol. The molecule has 3 aliphatic rings. The molecule has 1 N–H and O–H groups in total. The van der Waals surface area contributed by atoms with Crippen LogP contribution in [0, 0.1) is 5.92 Å². The molecule has 33 heavy (non-hydrogen) atoms. The van der Waals surface area contributed by atoms with Crippen LogP contribution in [-0.4, -0.2) is 80.5 Å². The number of aromatic nitrogens is 4. The first kappa shape index (κ1) is 20.9. The fraction of sp³-hybridized carbons (Fsp3) is 0.522. The van der Waals surface area contributed by atoms with E-state index in [1.807, 2.05) is 27.8 Å². The fourth-order valence-corrected chi connectivity index (χ4v) is 5.48. The van der Waals surface area contributed by atoms with Crippen molar-refractivity contribution < 1.29 is 14.6 Å². The maximum atomic E-state index is 11.1. The molecule has 0 atom stereocenters. The molecule has 0 radical (unpaired) electrons. The fourth-order valence-electron chi connectivity index (χ4n) is 5.19. The van der Waals surface area contributed by atoms with Crippen molar-refractivity contribution in [1.29, 1.82) is 0 Å². The summed E-state index contributed by atoms with van der Waals surface area (Å²) in [7, 11) is 0. The third-order valence-corrected chi connectivity index (χ3v) is 7.82. The number of benzene rings is 1. The van der Waals surface area contributed by atoms with Gasteiger partial charge in [-0.2, -0.15) is 10.2 Å². The molecule has 0 amide bonds. The number of piperazine rings is 1. The number of carboxylic acid groups (broad SMARTS) is 1. The first-order valence-corrected chi connectivity index (χ1v) is 11.8. The number of nitrogens with zero attached hydrogens (tertiary/aromatic N) is 6. The van der Waals surface area contributed by atoms with Gasteiger partial charge >= 0.3 is 5.97 Å². The van der Waals surface area contributed by atoms with Crippen LogP contribution in [0.4, 0.5) is 5.69 Å². The smallest absolute Gasteiger partial charge is 0.306 e. The summed E-state index contributed by atoms with van der Waals surface area (Å²) in [4.78, 5) is 16.0. The van der Waals surface area contributed by atoms with Gasteiger partial charge in [0, 0.05) is 31.6 Å². The molecule has 3 aromatic rings. The molecule has 0 spiro atoms. The molecule has 1 aliphatic carbocycles. The minimum Gasteiger partial charge on any atom is -0.481 e. The van der Waals surface area contributed by atoms with Gasteiger partial charge in [-0.05, 0) is 31.9 Å². The third kappa shape index (κ3) is 3.50. The van der Waals surface area contributed by atoms with Crippen molar-refractivity contribution in [2.75, 3.05) is 44.3 Å². The maximum absolute atomic E-state index is 11.1. The molecule has 9 nitrogen and oxygen atoms in total. The summed E-state index contributed by atoms with van der Waals surface area (Å²) in [5.74, 6) is -0.991. The van der Waals surface area contributed by atoms with Gasteiger partial charge in [-0.25, -0.2) is 4.68 Å².